The van der Waals surface area contributed by atoms with Crippen LogP contribution in [0.4, 0.5) is 5.69 Å². The first-order valence-corrected chi connectivity index (χ1v) is 8.85. The molecule has 1 aliphatic carbocycles. The van der Waals surface area contributed by atoms with Gasteiger partial charge in [-0.15, -0.1) is 0 Å². The molecule has 6 heteroatoms. The van der Waals surface area contributed by atoms with Crippen molar-refractivity contribution in [1.29, 1.82) is 0 Å². The zero-order valence-electron chi connectivity index (χ0n) is 12.9. The van der Waals surface area contributed by atoms with E-state index in [1.165, 1.54) is 19.3 Å². The lowest BCUT2D eigenvalue weighted by Gasteiger charge is -2.31. The van der Waals surface area contributed by atoms with Gasteiger partial charge in [-0.2, -0.15) is 0 Å². The van der Waals surface area contributed by atoms with Gasteiger partial charge in [-0.3, -0.25) is 9.59 Å². The molecule has 0 spiro atoms. The van der Waals surface area contributed by atoms with E-state index in [-0.39, 0.29) is 24.2 Å². The number of carbonyl (C=O) groups excluding carboxylic acids is 2. The van der Waals surface area contributed by atoms with Crippen LogP contribution < -0.4 is 5.32 Å². The highest BCUT2D eigenvalue weighted by Gasteiger charge is 2.38. The molecule has 1 aliphatic heterocycles. The van der Waals surface area contributed by atoms with E-state index >= 15 is 0 Å². The van der Waals surface area contributed by atoms with Gasteiger partial charge in [0.25, 0.3) is 0 Å². The summed E-state index contributed by atoms with van der Waals surface area (Å²) in [6.45, 7) is 0.507. The van der Waals surface area contributed by atoms with Crippen LogP contribution >= 0.6 is 23.2 Å². The lowest BCUT2D eigenvalue weighted by molar-refractivity contribution is -0.130. The smallest absolute Gasteiger partial charge is 0.229 e. The molecule has 0 radical (unpaired) electrons. The van der Waals surface area contributed by atoms with Gasteiger partial charge in [0, 0.05) is 24.0 Å². The van der Waals surface area contributed by atoms with Crippen LogP contribution in [-0.2, 0) is 9.59 Å². The van der Waals surface area contributed by atoms with Crippen molar-refractivity contribution in [1.82, 2.24) is 4.90 Å². The van der Waals surface area contributed by atoms with Crippen molar-refractivity contribution in [3.63, 3.8) is 0 Å². The molecule has 1 aromatic rings. The average molecular weight is 355 g/mol. The summed E-state index contributed by atoms with van der Waals surface area (Å²) in [6, 6.07) is 5.25. The Balaban J connectivity index is 1.64. The third-order valence-corrected chi connectivity index (χ3v) is 5.30. The Hall–Kier alpha value is -1.26. The van der Waals surface area contributed by atoms with Gasteiger partial charge >= 0.3 is 0 Å². The predicted molar refractivity (Wildman–Crippen MR) is 91.8 cm³/mol. The molecule has 1 saturated heterocycles. The van der Waals surface area contributed by atoms with Crippen molar-refractivity contribution < 1.29 is 9.59 Å². The summed E-state index contributed by atoms with van der Waals surface area (Å²) in [4.78, 5) is 26.6. The molecule has 0 bridgehead atoms. The maximum absolute atomic E-state index is 12.5. The Morgan fingerprint density at radius 3 is 2.65 bits per heavy atom. The number of benzene rings is 1. The Morgan fingerprint density at radius 2 is 1.91 bits per heavy atom. The summed E-state index contributed by atoms with van der Waals surface area (Å²) in [6.07, 6.45) is 5.98. The minimum atomic E-state index is -0.320. The van der Waals surface area contributed by atoms with Gasteiger partial charge in [0.2, 0.25) is 11.8 Å². The molecule has 124 valence electrons. The van der Waals surface area contributed by atoms with Crippen LogP contribution in [0.3, 0.4) is 0 Å². The summed E-state index contributed by atoms with van der Waals surface area (Å²) in [5, 5.41) is 3.75. The lowest BCUT2D eigenvalue weighted by Crippen LogP contribution is -2.38. The van der Waals surface area contributed by atoms with E-state index in [2.05, 4.69) is 5.32 Å². The van der Waals surface area contributed by atoms with Crippen molar-refractivity contribution in [3.8, 4) is 0 Å². The van der Waals surface area contributed by atoms with Gasteiger partial charge in [0.15, 0.2) is 0 Å². The van der Waals surface area contributed by atoms with Crippen LogP contribution in [0.25, 0.3) is 0 Å². The number of nitrogens with zero attached hydrogens (tertiary/aromatic N) is 1. The van der Waals surface area contributed by atoms with Gasteiger partial charge in [-0.05, 0) is 31.0 Å². The van der Waals surface area contributed by atoms with E-state index in [1.54, 1.807) is 18.2 Å². The molecule has 1 aromatic carbocycles. The Bertz CT molecular complexity index is 615. The number of anilines is 1. The number of hydrogen-bond acceptors (Lipinski definition) is 2. The van der Waals surface area contributed by atoms with E-state index in [0.717, 1.165) is 12.8 Å². The third-order valence-electron chi connectivity index (χ3n) is 4.73. The number of amides is 2. The van der Waals surface area contributed by atoms with E-state index in [0.29, 0.717) is 28.3 Å². The van der Waals surface area contributed by atoms with Crippen LogP contribution in [0, 0.1) is 5.92 Å². The van der Waals surface area contributed by atoms with Crippen molar-refractivity contribution in [2.45, 2.75) is 44.6 Å². The fourth-order valence-corrected chi connectivity index (χ4v) is 3.82. The summed E-state index contributed by atoms with van der Waals surface area (Å²) < 4.78 is 0. The third kappa shape index (κ3) is 3.81. The molecule has 2 amide bonds. The van der Waals surface area contributed by atoms with Crippen LogP contribution in [0.15, 0.2) is 18.2 Å². The molecule has 23 heavy (non-hydrogen) atoms. The number of nitrogens with one attached hydrogen (secondary N) is 1. The monoisotopic (exact) mass is 354 g/mol. The molecule has 1 saturated carbocycles. The van der Waals surface area contributed by atoms with Crippen molar-refractivity contribution >= 4 is 40.7 Å². The largest absolute Gasteiger partial charge is 0.339 e. The lowest BCUT2D eigenvalue weighted by atomic mass is 9.94. The molecular weight excluding hydrogens is 335 g/mol. The number of likely N-dealkylation sites (tertiary alicyclic amines) is 1. The first kappa shape index (κ1) is 16.6. The first-order valence-electron chi connectivity index (χ1n) is 8.10. The summed E-state index contributed by atoms with van der Waals surface area (Å²) in [5.41, 5.74) is 0.493. The van der Waals surface area contributed by atoms with Crippen molar-refractivity contribution in [2.75, 3.05) is 11.9 Å². The summed E-state index contributed by atoms with van der Waals surface area (Å²) >= 11 is 12.0. The van der Waals surface area contributed by atoms with E-state index < -0.39 is 0 Å². The molecule has 1 N–H and O–H groups in total. The van der Waals surface area contributed by atoms with Gasteiger partial charge < -0.3 is 10.2 Å². The minimum Gasteiger partial charge on any atom is -0.339 e. The van der Waals surface area contributed by atoms with Crippen molar-refractivity contribution in [2.24, 2.45) is 5.92 Å². The highest BCUT2D eigenvalue weighted by molar-refractivity contribution is 6.35. The van der Waals surface area contributed by atoms with E-state index in [1.807, 2.05) is 4.90 Å². The Morgan fingerprint density at radius 1 is 1.17 bits per heavy atom. The SMILES string of the molecule is O=C(Nc1cc(Cl)ccc1Cl)[C@@H]1CC(=O)N(C2CCCCC2)C1. The van der Waals surface area contributed by atoms with Crippen LogP contribution in [0.1, 0.15) is 38.5 Å². The molecular formula is C17H20Cl2N2O2. The Labute approximate surface area is 146 Å². The van der Waals surface area contributed by atoms with Crippen molar-refractivity contribution in [3.05, 3.63) is 28.2 Å². The molecule has 1 heterocycles. The highest BCUT2D eigenvalue weighted by atomic mass is 35.5. The Kier molecular flexibility index (Phi) is 5.12. The number of halogens is 2. The number of rotatable bonds is 3. The maximum Gasteiger partial charge on any atom is 0.229 e. The second-order valence-electron chi connectivity index (χ2n) is 6.35. The zero-order chi connectivity index (χ0) is 16.4. The van der Waals surface area contributed by atoms with Crippen LogP contribution in [-0.4, -0.2) is 29.3 Å². The van der Waals surface area contributed by atoms with Gasteiger partial charge in [-0.1, -0.05) is 42.5 Å². The predicted octanol–water partition coefficient (Wildman–Crippen LogP) is 4.11. The van der Waals surface area contributed by atoms with E-state index in [4.69, 9.17) is 23.2 Å². The van der Waals surface area contributed by atoms with Crippen LogP contribution in [0.5, 0.6) is 0 Å². The van der Waals surface area contributed by atoms with Gasteiger partial charge in [-0.25, -0.2) is 0 Å². The molecule has 3 rings (SSSR count). The first-order chi connectivity index (χ1) is 11.0. The standard InChI is InChI=1S/C17H20Cl2N2O2/c18-12-6-7-14(19)15(9-12)20-17(23)11-8-16(22)21(10-11)13-4-2-1-3-5-13/h6-7,9,11,13H,1-5,8,10H2,(H,20,23)/t11-/m1/s1. The molecule has 2 fully saturated rings. The summed E-state index contributed by atoms with van der Waals surface area (Å²) in [5.74, 6) is -0.394. The van der Waals surface area contributed by atoms with Gasteiger partial charge in [0.05, 0.1) is 16.6 Å². The number of hydrogen-bond donors (Lipinski definition) is 1. The quantitative estimate of drug-likeness (QED) is 0.887. The fraction of sp³-hybridized carbons (Fsp3) is 0.529. The van der Waals surface area contributed by atoms with E-state index in [9.17, 15) is 9.59 Å². The minimum absolute atomic E-state index is 0.0919. The van der Waals surface area contributed by atoms with Gasteiger partial charge in [0.1, 0.15) is 0 Å². The average Bonchev–Trinajstić information content (AvgIpc) is 2.94. The fourth-order valence-electron chi connectivity index (χ4n) is 3.48. The van der Waals surface area contributed by atoms with Crippen LogP contribution in [0.2, 0.25) is 10.0 Å². The molecule has 4 nitrogen and oxygen atoms in total. The number of carbonyl (C=O) groups is 2. The molecule has 2 aliphatic rings. The normalized spacial score (nSPS) is 22.4. The summed E-state index contributed by atoms with van der Waals surface area (Å²) in [7, 11) is 0. The topological polar surface area (TPSA) is 49.4 Å². The second-order valence-corrected chi connectivity index (χ2v) is 7.20. The maximum atomic E-state index is 12.5. The molecule has 1 atom stereocenters. The highest BCUT2D eigenvalue weighted by Crippen LogP contribution is 2.30. The molecule has 0 unspecified atom stereocenters. The zero-order valence-corrected chi connectivity index (χ0v) is 14.4. The molecule has 0 aromatic heterocycles. The second kappa shape index (κ2) is 7.10.